The Morgan fingerprint density at radius 1 is 1.21 bits per heavy atom. The summed E-state index contributed by atoms with van der Waals surface area (Å²) in [5, 5.41) is 3.63. The van der Waals surface area contributed by atoms with Crippen LogP contribution in [0.4, 0.5) is 0 Å². The first-order valence-corrected chi connectivity index (χ1v) is 8.24. The van der Waals surface area contributed by atoms with E-state index in [0.717, 1.165) is 18.5 Å². The molecule has 1 N–H and O–H groups in total. The normalized spacial score (nSPS) is 32.5. The number of rotatable bonds is 6. The van der Waals surface area contributed by atoms with Gasteiger partial charge < -0.3 is 10.1 Å². The van der Waals surface area contributed by atoms with Gasteiger partial charge in [0.25, 0.3) is 0 Å². The molecule has 2 nitrogen and oxygen atoms in total. The second-order valence-corrected chi connectivity index (χ2v) is 8.14. The average Bonchev–Trinajstić information content (AvgIpc) is 3.04. The van der Waals surface area contributed by atoms with Crippen molar-refractivity contribution in [3.8, 4) is 0 Å². The lowest BCUT2D eigenvalue weighted by atomic mass is 9.71. The van der Waals surface area contributed by atoms with Gasteiger partial charge in [0.1, 0.15) is 0 Å². The minimum Gasteiger partial charge on any atom is -0.373 e. The number of nitrogens with one attached hydrogen (secondary N) is 1. The molecule has 0 heterocycles. The number of hydrogen-bond acceptors (Lipinski definition) is 2. The molecule has 3 atom stereocenters. The molecule has 2 heteroatoms. The van der Waals surface area contributed by atoms with Gasteiger partial charge in [-0.2, -0.15) is 0 Å². The number of ether oxygens (including phenoxy) is 1. The molecule has 0 aromatic carbocycles. The van der Waals surface area contributed by atoms with E-state index in [4.69, 9.17) is 4.74 Å². The Balaban J connectivity index is 1.84. The Morgan fingerprint density at radius 2 is 1.89 bits per heavy atom. The minimum absolute atomic E-state index is 0.381. The third-order valence-electron chi connectivity index (χ3n) is 4.64. The van der Waals surface area contributed by atoms with E-state index in [2.05, 4.69) is 39.9 Å². The van der Waals surface area contributed by atoms with Crippen LogP contribution < -0.4 is 5.32 Å². The smallest absolute Gasteiger partial charge is 0.0726 e. The van der Waals surface area contributed by atoms with Crippen molar-refractivity contribution >= 4 is 0 Å². The largest absolute Gasteiger partial charge is 0.373 e. The van der Waals surface area contributed by atoms with Gasteiger partial charge in [-0.15, -0.1) is 0 Å². The fraction of sp³-hybridized carbons (Fsp3) is 1.00. The van der Waals surface area contributed by atoms with Crippen molar-refractivity contribution in [3.05, 3.63) is 0 Å². The lowest BCUT2D eigenvalue weighted by Gasteiger charge is -2.40. The molecule has 2 saturated carbocycles. The molecule has 2 aliphatic carbocycles. The zero-order valence-corrected chi connectivity index (χ0v) is 13.5. The summed E-state index contributed by atoms with van der Waals surface area (Å²) in [5.74, 6) is 1.41. The van der Waals surface area contributed by atoms with Gasteiger partial charge in [-0.05, 0) is 49.4 Å². The number of hydrogen-bond donors (Lipinski definition) is 1. The van der Waals surface area contributed by atoms with E-state index in [9.17, 15) is 0 Å². The van der Waals surface area contributed by atoms with E-state index in [1.54, 1.807) is 0 Å². The van der Waals surface area contributed by atoms with Gasteiger partial charge in [-0.1, -0.05) is 34.6 Å². The van der Waals surface area contributed by atoms with Crippen molar-refractivity contribution in [1.82, 2.24) is 5.32 Å². The summed E-state index contributed by atoms with van der Waals surface area (Å²) in [7, 11) is 0. The molecule has 0 amide bonds. The zero-order chi connectivity index (χ0) is 14.0. The second kappa shape index (κ2) is 6.13. The fourth-order valence-corrected chi connectivity index (χ4v) is 3.62. The molecular weight excluding hydrogens is 234 g/mol. The summed E-state index contributed by atoms with van der Waals surface area (Å²) in [6.07, 6.45) is 7.38. The summed E-state index contributed by atoms with van der Waals surface area (Å²) < 4.78 is 6.47. The standard InChI is InChI=1S/C17H33NO/c1-12(2)16(11-18-14-6-7-14)19-15-8-13(3)9-17(4,5)10-15/h12-16,18H,6-11H2,1-5H3. The molecule has 0 spiro atoms. The van der Waals surface area contributed by atoms with Crippen LogP contribution in [0, 0.1) is 17.3 Å². The van der Waals surface area contributed by atoms with Crippen LogP contribution in [-0.2, 0) is 4.74 Å². The van der Waals surface area contributed by atoms with E-state index >= 15 is 0 Å². The molecule has 0 aliphatic heterocycles. The molecule has 0 aromatic rings. The molecule has 2 fully saturated rings. The molecule has 2 aliphatic rings. The monoisotopic (exact) mass is 267 g/mol. The van der Waals surface area contributed by atoms with Gasteiger partial charge >= 0.3 is 0 Å². The highest BCUT2D eigenvalue weighted by molar-refractivity contribution is 4.86. The van der Waals surface area contributed by atoms with Gasteiger partial charge in [0.05, 0.1) is 12.2 Å². The van der Waals surface area contributed by atoms with Crippen molar-refractivity contribution in [2.45, 2.75) is 85.0 Å². The van der Waals surface area contributed by atoms with Crippen molar-refractivity contribution in [2.75, 3.05) is 6.54 Å². The lowest BCUT2D eigenvalue weighted by molar-refractivity contribution is -0.0799. The summed E-state index contributed by atoms with van der Waals surface area (Å²) in [5.41, 5.74) is 0.452. The topological polar surface area (TPSA) is 21.3 Å². The molecule has 0 radical (unpaired) electrons. The molecule has 19 heavy (non-hydrogen) atoms. The third-order valence-corrected chi connectivity index (χ3v) is 4.64. The Hall–Kier alpha value is -0.0800. The van der Waals surface area contributed by atoms with E-state index < -0.39 is 0 Å². The maximum Gasteiger partial charge on any atom is 0.0726 e. The van der Waals surface area contributed by atoms with E-state index in [0.29, 0.717) is 23.5 Å². The SMILES string of the molecule is CC1CC(OC(CNC2CC2)C(C)C)CC(C)(C)C1. The Morgan fingerprint density at radius 3 is 2.42 bits per heavy atom. The molecule has 3 unspecified atom stereocenters. The second-order valence-electron chi connectivity index (χ2n) is 8.14. The molecule has 112 valence electrons. The highest BCUT2D eigenvalue weighted by Crippen LogP contribution is 2.40. The van der Waals surface area contributed by atoms with Gasteiger partial charge in [-0.3, -0.25) is 0 Å². The third kappa shape index (κ3) is 5.07. The quantitative estimate of drug-likeness (QED) is 0.785. The molecule has 0 bridgehead atoms. The lowest BCUT2D eigenvalue weighted by Crippen LogP contribution is -2.40. The molecule has 0 saturated heterocycles. The predicted octanol–water partition coefficient (Wildman–Crippen LogP) is 3.99. The van der Waals surface area contributed by atoms with Crippen molar-refractivity contribution in [1.29, 1.82) is 0 Å². The average molecular weight is 267 g/mol. The fourth-order valence-electron chi connectivity index (χ4n) is 3.62. The summed E-state index contributed by atoms with van der Waals surface area (Å²) in [4.78, 5) is 0. The van der Waals surface area contributed by atoms with Crippen LogP contribution in [0.15, 0.2) is 0 Å². The maximum atomic E-state index is 6.47. The Bertz CT molecular complexity index is 283. The van der Waals surface area contributed by atoms with Crippen LogP contribution in [0.25, 0.3) is 0 Å². The van der Waals surface area contributed by atoms with Crippen LogP contribution >= 0.6 is 0 Å². The van der Waals surface area contributed by atoms with Gasteiger partial charge in [-0.25, -0.2) is 0 Å². The molecule has 0 aromatic heterocycles. The maximum absolute atomic E-state index is 6.47. The van der Waals surface area contributed by atoms with Gasteiger partial charge in [0.15, 0.2) is 0 Å². The van der Waals surface area contributed by atoms with Crippen LogP contribution in [0.1, 0.15) is 66.7 Å². The predicted molar refractivity (Wildman–Crippen MR) is 81.3 cm³/mol. The van der Waals surface area contributed by atoms with Crippen LogP contribution in [0.3, 0.4) is 0 Å². The first-order chi connectivity index (χ1) is 8.85. The van der Waals surface area contributed by atoms with Gasteiger partial charge in [0, 0.05) is 12.6 Å². The Labute approximate surface area is 119 Å². The van der Waals surface area contributed by atoms with E-state index in [1.807, 2.05) is 0 Å². The van der Waals surface area contributed by atoms with Crippen LogP contribution in [-0.4, -0.2) is 24.8 Å². The van der Waals surface area contributed by atoms with E-state index in [1.165, 1.54) is 32.1 Å². The van der Waals surface area contributed by atoms with Crippen LogP contribution in [0.5, 0.6) is 0 Å². The highest BCUT2D eigenvalue weighted by Gasteiger charge is 2.34. The van der Waals surface area contributed by atoms with Crippen LogP contribution in [0.2, 0.25) is 0 Å². The summed E-state index contributed by atoms with van der Waals surface area (Å²) in [6.45, 7) is 12.8. The van der Waals surface area contributed by atoms with Crippen molar-refractivity contribution in [3.63, 3.8) is 0 Å². The van der Waals surface area contributed by atoms with E-state index in [-0.39, 0.29) is 0 Å². The first-order valence-electron chi connectivity index (χ1n) is 8.24. The highest BCUT2D eigenvalue weighted by atomic mass is 16.5. The minimum atomic E-state index is 0.381. The van der Waals surface area contributed by atoms with Crippen molar-refractivity contribution < 1.29 is 4.74 Å². The molecular formula is C17H33NO. The van der Waals surface area contributed by atoms with Gasteiger partial charge in [0.2, 0.25) is 0 Å². The Kier molecular flexibility index (Phi) is 4.94. The summed E-state index contributed by atoms with van der Waals surface area (Å²) >= 11 is 0. The first kappa shape index (κ1) is 15.3. The zero-order valence-electron chi connectivity index (χ0n) is 13.5. The summed E-state index contributed by atoms with van der Waals surface area (Å²) in [6, 6.07) is 0.784. The van der Waals surface area contributed by atoms with Crippen molar-refractivity contribution in [2.24, 2.45) is 17.3 Å². The molecule has 2 rings (SSSR count).